The quantitative estimate of drug-likeness (QED) is 0.696. The number of carbonyl (C=O) groups is 3. The molecule has 0 saturated carbocycles. The summed E-state index contributed by atoms with van der Waals surface area (Å²) in [5.41, 5.74) is 0.577. The van der Waals surface area contributed by atoms with Crippen LogP contribution in [0.3, 0.4) is 0 Å². The average molecular weight is 348 g/mol. The smallest absolute Gasteiger partial charge is 0.437 e. The predicted molar refractivity (Wildman–Crippen MR) is 84.4 cm³/mol. The van der Waals surface area contributed by atoms with Crippen LogP contribution in [0.4, 0.5) is 4.79 Å². The Hall–Kier alpha value is -3.43. The average Bonchev–Trinajstić information content (AvgIpc) is 2.95. The largest absolute Gasteiger partial charge is 0.454 e. The molecule has 2 N–H and O–H groups in total. The molecule has 132 valence electrons. The van der Waals surface area contributed by atoms with E-state index in [2.05, 4.69) is 15.2 Å². The van der Waals surface area contributed by atoms with Crippen LogP contribution in [-0.2, 0) is 20.9 Å². The number of rotatable bonds is 6. The van der Waals surface area contributed by atoms with Crippen molar-refractivity contribution in [1.29, 1.82) is 0 Å². The number of nitrogens with one attached hydrogen (secondary N) is 2. The second kappa shape index (κ2) is 8.43. The Morgan fingerprint density at radius 1 is 1.24 bits per heavy atom. The molecular weight excluding hydrogens is 332 g/mol. The molecule has 0 aliphatic rings. The van der Waals surface area contributed by atoms with Crippen molar-refractivity contribution in [1.82, 2.24) is 20.4 Å². The first-order valence-corrected chi connectivity index (χ1v) is 7.36. The number of imide groups is 1. The number of nitrogens with zero attached hydrogens (tertiary/aromatic N) is 2. The van der Waals surface area contributed by atoms with E-state index in [0.29, 0.717) is 12.1 Å². The van der Waals surface area contributed by atoms with Gasteiger partial charge in [0.2, 0.25) is 5.89 Å². The van der Waals surface area contributed by atoms with Crippen molar-refractivity contribution in [3.05, 3.63) is 40.9 Å². The lowest BCUT2D eigenvalue weighted by Gasteiger charge is -2.05. The van der Waals surface area contributed by atoms with Gasteiger partial charge >= 0.3 is 17.8 Å². The topological polar surface area (TPSA) is 133 Å². The highest BCUT2D eigenvalue weighted by molar-refractivity contribution is 5.95. The van der Waals surface area contributed by atoms with Crippen molar-refractivity contribution in [2.24, 2.45) is 0 Å². The molecule has 2 aromatic rings. The molecule has 25 heavy (non-hydrogen) atoms. The lowest BCUT2D eigenvalue weighted by Crippen LogP contribution is -2.41. The van der Waals surface area contributed by atoms with E-state index in [9.17, 15) is 19.2 Å². The molecule has 0 unspecified atom stereocenters. The normalized spacial score (nSPS) is 10.1. The summed E-state index contributed by atoms with van der Waals surface area (Å²) in [7, 11) is 0. The van der Waals surface area contributed by atoms with Crippen LogP contribution in [0.25, 0.3) is 11.5 Å². The fraction of sp³-hybridized carbons (Fsp3) is 0.267. The van der Waals surface area contributed by atoms with Crippen LogP contribution in [0.5, 0.6) is 0 Å². The van der Waals surface area contributed by atoms with Crippen molar-refractivity contribution < 1.29 is 23.5 Å². The summed E-state index contributed by atoms with van der Waals surface area (Å²) in [6, 6.07) is 7.98. The van der Waals surface area contributed by atoms with Crippen molar-refractivity contribution in [3.8, 4) is 11.5 Å². The van der Waals surface area contributed by atoms with Gasteiger partial charge in [-0.15, -0.1) is 5.10 Å². The monoisotopic (exact) mass is 348 g/mol. The summed E-state index contributed by atoms with van der Waals surface area (Å²) < 4.78 is 10.4. The van der Waals surface area contributed by atoms with Gasteiger partial charge in [0.15, 0.2) is 6.61 Å². The van der Waals surface area contributed by atoms with E-state index in [1.165, 1.54) is 0 Å². The lowest BCUT2D eigenvalue weighted by molar-refractivity contribution is -0.149. The highest BCUT2D eigenvalue weighted by Gasteiger charge is 2.15. The van der Waals surface area contributed by atoms with Crippen LogP contribution in [-0.4, -0.2) is 40.8 Å². The third kappa shape index (κ3) is 5.30. The summed E-state index contributed by atoms with van der Waals surface area (Å²) in [4.78, 5) is 45.9. The number of aromatic nitrogens is 2. The highest BCUT2D eigenvalue weighted by Crippen LogP contribution is 2.13. The van der Waals surface area contributed by atoms with Gasteiger partial charge in [0.05, 0.1) is 0 Å². The summed E-state index contributed by atoms with van der Waals surface area (Å²) in [5, 5.41) is 8.21. The predicted octanol–water partition coefficient (Wildman–Crippen LogP) is -0.108. The maximum Gasteiger partial charge on any atom is 0.437 e. The molecule has 0 atom stereocenters. The lowest BCUT2D eigenvalue weighted by atomic mass is 10.2. The minimum atomic E-state index is -0.874. The molecule has 0 bridgehead atoms. The molecule has 0 radical (unpaired) electrons. The minimum absolute atomic E-state index is 0.0624. The maximum atomic E-state index is 11.7. The van der Waals surface area contributed by atoms with Crippen LogP contribution in [0, 0.1) is 0 Å². The molecule has 0 spiro atoms. The minimum Gasteiger partial charge on any atom is -0.454 e. The van der Waals surface area contributed by atoms with E-state index in [1.54, 1.807) is 37.3 Å². The Labute approximate surface area is 141 Å². The zero-order valence-electron chi connectivity index (χ0n) is 13.4. The molecule has 1 aromatic carbocycles. The number of ether oxygens (including phenoxy) is 1. The molecular formula is C15H16N4O6. The van der Waals surface area contributed by atoms with E-state index >= 15 is 0 Å². The molecule has 0 saturated heterocycles. The van der Waals surface area contributed by atoms with Gasteiger partial charge in [0.25, 0.3) is 5.91 Å². The van der Waals surface area contributed by atoms with Crippen molar-refractivity contribution in [2.75, 3.05) is 13.2 Å². The maximum absolute atomic E-state index is 11.7. The standard InChI is InChI=1S/C15H16N4O6/c1-2-16-14(22)17-11(20)9-24-12(21)8-19-15(23)25-13(18-19)10-6-4-3-5-7-10/h3-7H,2,8-9H2,1H3,(H2,16,17,20,22). The zero-order chi connectivity index (χ0) is 18.2. The van der Waals surface area contributed by atoms with Crippen molar-refractivity contribution in [3.63, 3.8) is 0 Å². The molecule has 0 fully saturated rings. The molecule has 3 amide bonds. The molecule has 2 rings (SSSR count). The Morgan fingerprint density at radius 2 is 1.96 bits per heavy atom. The fourth-order valence-corrected chi connectivity index (χ4v) is 1.78. The number of urea groups is 1. The van der Waals surface area contributed by atoms with Gasteiger partial charge in [-0.3, -0.25) is 14.9 Å². The van der Waals surface area contributed by atoms with Crippen LogP contribution in [0.1, 0.15) is 6.92 Å². The van der Waals surface area contributed by atoms with Gasteiger partial charge in [0, 0.05) is 12.1 Å². The number of benzene rings is 1. The first-order chi connectivity index (χ1) is 12.0. The number of esters is 1. The number of carbonyl (C=O) groups excluding carboxylic acids is 3. The Balaban J connectivity index is 1.89. The van der Waals surface area contributed by atoms with Crippen LogP contribution in [0.2, 0.25) is 0 Å². The Kier molecular flexibility index (Phi) is 6.04. The van der Waals surface area contributed by atoms with Gasteiger partial charge in [-0.05, 0) is 19.1 Å². The summed E-state index contributed by atoms with van der Waals surface area (Å²) in [5.74, 6) is -2.44. The summed E-state index contributed by atoms with van der Waals surface area (Å²) in [6.07, 6.45) is 0. The molecule has 10 nitrogen and oxygen atoms in total. The third-order valence-electron chi connectivity index (χ3n) is 2.86. The van der Waals surface area contributed by atoms with Crippen LogP contribution in [0.15, 0.2) is 39.5 Å². The van der Waals surface area contributed by atoms with E-state index < -0.39 is 36.8 Å². The molecule has 0 aliphatic heterocycles. The second-order valence-corrected chi connectivity index (χ2v) is 4.77. The number of hydrogen-bond acceptors (Lipinski definition) is 7. The molecule has 1 heterocycles. The first-order valence-electron chi connectivity index (χ1n) is 7.36. The second-order valence-electron chi connectivity index (χ2n) is 4.77. The SMILES string of the molecule is CCNC(=O)NC(=O)COC(=O)Cn1nc(-c2ccccc2)oc1=O. The zero-order valence-corrected chi connectivity index (χ0v) is 13.4. The summed E-state index contributed by atoms with van der Waals surface area (Å²) in [6.45, 7) is 0.846. The highest BCUT2D eigenvalue weighted by atomic mass is 16.5. The third-order valence-corrected chi connectivity index (χ3v) is 2.86. The Morgan fingerprint density at radius 3 is 2.64 bits per heavy atom. The van der Waals surface area contributed by atoms with Crippen LogP contribution >= 0.6 is 0 Å². The van der Waals surface area contributed by atoms with E-state index in [-0.39, 0.29) is 5.89 Å². The van der Waals surface area contributed by atoms with E-state index in [0.717, 1.165) is 4.68 Å². The fourth-order valence-electron chi connectivity index (χ4n) is 1.78. The van der Waals surface area contributed by atoms with Gasteiger partial charge in [-0.25, -0.2) is 9.59 Å². The number of amides is 3. The Bertz CT molecular complexity index is 811. The van der Waals surface area contributed by atoms with E-state index in [4.69, 9.17) is 4.42 Å². The van der Waals surface area contributed by atoms with Crippen molar-refractivity contribution in [2.45, 2.75) is 13.5 Å². The van der Waals surface area contributed by atoms with Crippen molar-refractivity contribution >= 4 is 17.9 Å². The molecule has 1 aromatic heterocycles. The molecule has 0 aliphatic carbocycles. The van der Waals surface area contributed by atoms with Gasteiger partial charge in [-0.1, -0.05) is 18.2 Å². The van der Waals surface area contributed by atoms with E-state index in [1.807, 2.05) is 5.32 Å². The summed E-state index contributed by atoms with van der Waals surface area (Å²) >= 11 is 0. The number of hydrogen-bond donors (Lipinski definition) is 2. The van der Waals surface area contributed by atoms with Gasteiger partial charge < -0.3 is 14.5 Å². The van der Waals surface area contributed by atoms with Gasteiger partial charge in [0.1, 0.15) is 6.54 Å². The van der Waals surface area contributed by atoms with Gasteiger partial charge in [-0.2, -0.15) is 4.68 Å². The first kappa shape index (κ1) is 17.9. The van der Waals surface area contributed by atoms with Crippen LogP contribution < -0.4 is 16.4 Å². The molecule has 10 heteroatoms.